The third kappa shape index (κ3) is 2.72. The molecule has 0 aliphatic carbocycles. The summed E-state index contributed by atoms with van der Waals surface area (Å²) in [6.45, 7) is 0. The highest BCUT2D eigenvalue weighted by atomic mass is 35.5. The molecule has 1 aromatic carbocycles. The largest absolute Gasteiger partial charge is 0.478 e. The van der Waals surface area contributed by atoms with E-state index in [1.54, 1.807) is 0 Å². The average molecular weight is 235 g/mol. The van der Waals surface area contributed by atoms with E-state index in [4.69, 9.17) is 28.3 Å². The molecule has 2 nitrogen and oxygen atoms in total. The first-order valence-electron chi connectivity index (χ1n) is 3.56. The van der Waals surface area contributed by atoms with Gasteiger partial charge in [0.05, 0.1) is 5.02 Å². The molecule has 0 fully saturated rings. The molecule has 0 radical (unpaired) electrons. The predicted octanol–water partition coefficient (Wildman–Crippen LogP) is 3.23. The lowest BCUT2D eigenvalue weighted by Gasteiger charge is -2.00. The monoisotopic (exact) mass is 234 g/mol. The van der Waals surface area contributed by atoms with Gasteiger partial charge in [0.15, 0.2) is 0 Å². The molecule has 0 aromatic heterocycles. The standard InChI is InChI=1S/C9H5Cl2FO2/c10-5-3-7(11)6(8(12)4-5)1-2-9(13)14/h1-4H,(H,13,14). The SMILES string of the molecule is O=C(O)C=Cc1c(F)cc(Cl)cc1Cl. The molecule has 0 spiro atoms. The molecule has 1 aromatic rings. The van der Waals surface area contributed by atoms with E-state index in [9.17, 15) is 9.18 Å². The zero-order chi connectivity index (χ0) is 10.7. The first kappa shape index (κ1) is 11.0. The molecule has 74 valence electrons. The van der Waals surface area contributed by atoms with Gasteiger partial charge in [-0.3, -0.25) is 0 Å². The molecule has 0 bridgehead atoms. The maximum atomic E-state index is 13.1. The van der Waals surface area contributed by atoms with Gasteiger partial charge in [0.25, 0.3) is 0 Å². The van der Waals surface area contributed by atoms with E-state index in [-0.39, 0.29) is 15.6 Å². The molecule has 14 heavy (non-hydrogen) atoms. The van der Waals surface area contributed by atoms with Gasteiger partial charge in [-0.1, -0.05) is 23.2 Å². The second-order valence-corrected chi connectivity index (χ2v) is 3.30. The molecule has 0 heterocycles. The fraction of sp³-hybridized carbons (Fsp3) is 0. The predicted molar refractivity (Wildman–Crippen MR) is 53.1 cm³/mol. The number of carbonyl (C=O) groups is 1. The topological polar surface area (TPSA) is 37.3 Å². The lowest BCUT2D eigenvalue weighted by Crippen LogP contribution is -1.88. The van der Waals surface area contributed by atoms with E-state index < -0.39 is 11.8 Å². The smallest absolute Gasteiger partial charge is 0.328 e. The van der Waals surface area contributed by atoms with Crippen molar-refractivity contribution in [1.29, 1.82) is 0 Å². The van der Waals surface area contributed by atoms with E-state index in [0.29, 0.717) is 0 Å². The summed E-state index contributed by atoms with van der Waals surface area (Å²) in [5.41, 5.74) is 0.0125. The van der Waals surface area contributed by atoms with E-state index in [2.05, 4.69) is 0 Å². The number of carboxylic acid groups (broad SMARTS) is 1. The van der Waals surface area contributed by atoms with Gasteiger partial charge in [0.2, 0.25) is 0 Å². The van der Waals surface area contributed by atoms with E-state index >= 15 is 0 Å². The van der Waals surface area contributed by atoms with Crippen LogP contribution in [-0.2, 0) is 4.79 Å². The van der Waals surface area contributed by atoms with E-state index in [1.807, 2.05) is 0 Å². The van der Waals surface area contributed by atoms with E-state index in [1.165, 1.54) is 6.07 Å². The van der Waals surface area contributed by atoms with Crippen LogP contribution in [0.3, 0.4) is 0 Å². The molecule has 0 amide bonds. The zero-order valence-corrected chi connectivity index (χ0v) is 8.31. The van der Waals surface area contributed by atoms with Crippen LogP contribution in [0.1, 0.15) is 5.56 Å². The van der Waals surface area contributed by atoms with Gasteiger partial charge in [-0.25, -0.2) is 9.18 Å². The molecule has 0 aliphatic rings. The Morgan fingerprint density at radius 1 is 1.43 bits per heavy atom. The normalized spacial score (nSPS) is 10.8. The summed E-state index contributed by atoms with van der Waals surface area (Å²) in [7, 11) is 0. The van der Waals surface area contributed by atoms with Crippen molar-refractivity contribution in [3.8, 4) is 0 Å². The Hall–Kier alpha value is -1.06. The van der Waals surface area contributed by atoms with Crippen molar-refractivity contribution < 1.29 is 14.3 Å². The van der Waals surface area contributed by atoms with Crippen molar-refractivity contribution >= 4 is 35.2 Å². The summed E-state index contributed by atoms with van der Waals surface area (Å²) in [5.74, 6) is -1.82. The van der Waals surface area contributed by atoms with Gasteiger partial charge in [0.1, 0.15) is 5.82 Å². The summed E-state index contributed by atoms with van der Waals surface area (Å²) < 4.78 is 13.1. The number of benzene rings is 1. The van der Waals surface area contributed by atoms with E-state index in [0.717, 1.165) is 18.2 Å². The summed E-state index contributed by atoms with van der Waals surface area (Å²) >= 11 is 11.2. The van der Waals surface area contributed by atoms with Crippen LogP contribution in [0.2, 0.25) is 10.0 Å². The maximum Gasteiger partial charge on any atom is 0.328 e. The molecular formula is C9H5Cl2FO2. The molecule has 0 saturated heterocycles. The van der Waals surface area contributed by atoms with Crippen LogP contribution < -0.4 is 0 Å². The van der Waals surface area contributed by atoms with Crippen molar-refractivity contribution in [2.45, 2.75) is 0 Å². The highest BCUT2D eigenvalue weighted by molar-refractivity contribution is 6.35. The van der Waals surface area contributed by atoms with Crippen LogP contribution in [0, 0.1) is 5.82 Å². The summed E-state index contributed by atoms with van der Waals surface area (Å²) in [5, 5.41) is 8.58. The lowest BCUT2D eigenvalue weighted by atomic mass is 10.2. The van der Waals surface area contributed by atoms with Crippen molar-refractivity contribution in [3.63, 3.8) is 0 Å². The quantitative estimate of drug-likeness (QED) is 0.799. The van der Waals surface area contributed by atoms with Gasteiger partial charge in [-0.15, -0.1) is 0 Å². The third-order valence-electron chi connectivity index (χ3n) is 1.44. The number of aliphatic carboxylic acids is 1. The Balaban J connectivity index is 3.15. The molecule has 5 heteroatoms. The van der Waals surface area contributed by atoms with Crippen molar-refractivity contribution in [3.05, 3.63) is 39.6 Å². The molecule has 0 atom stereocenters. The maximum absolute atomic E-state index is 13.1. The number of carboxylic acids is 1. The Morgan fingerprint density at radius 3 is 2.57 bits per heavy atom. The van der Waals surface area contributed by atoms with Gasteiger partial charge in [0, 0.05) is 16.7 Å². The number of hydrogen-bond acceptors (Lipinski definition) is 1. The third-order valence-corrected chi connectivity index (χ3v) is 1.97. The minimum atomic E-state index is -1.17. The highest BCUT2D eigenvalue weighted by Crippen LogP contribution is 2.25. The first-order valence-corrected chi connectivity index (χ1v) is 4.32. The second kappa shape index (κ2) is 4.44. The van der Waals surface area contributed by atoms with Crippen LogP contribution in [0.4, 0.5) is 4.39 Å². The summed E-state index contributed by atoms with van der Waals surface area (Å²) in [6, 6.07) is 2.41. The molecule has 0 unspecified atom stereocenters. The van der Waals surface area contributed by atoms with Crippen LogP contribution in [0.5, 0.6) is 0 Å². The number of hydrogen-bond donors (Lipinski definition) is 1. The first-order chi connectivity index (χ1) is 6.50. The molecule has 1 rings (SSSR count). The van der Waals surface area contributed by atoms with Crippen LogP contribution in [0.15, 0.2) is 18.2 Å². The van der Waals surface area contributed by atoms with Crippen molar-refractivity contribution in [2.24, 2.45) is 0 Å². The van der Waals surface area contributed by atoms with Crippen LogP contribution in [-0.4, -0.2) is 11.1 Å². The Kier molecular flexibility index (Phi) is 3.49. The number of rotatable bonds is 2. The minimum Gasteiger partial charge on any atom is -0.478 e. The summed E-state index contributed by atoms with van der Waals surface area (Å²) in [6.07, 6.45) is 1.88. The van der Waals surface area contributed by atoms with Crippen LogP contribution >= 0.6 is 23.2 Å². The fourth-order valence-electron chi connectivity index (χ4n) is 0.867. The highest BCUT2D eigenvalue weighted by Gasteiger charge is 2.06. The zero-order valence-electron chi connectivity index (χ0n) is 6.80. The minimum absolute atomic E-state index is 0.0125. The Labute approximate surface area is 89.6 Å². The number of halogens is 3. The van der Waals surface area contributed by atoms with Gasteiger partial charge in [-0.2, -0.15) is 0 Å². The average Bonchev–Trinajstić information content (AvgIpc) is 2.01. The molecular weight excluding hydrogens is 230 g/mol. The molecule has 0 saturated carbocycles. The lowest BCUT2D eigenvalue weighted by molar-refractivity contribution is -0.131. The van der Waals surface area contributed by atoms with Gasteiger partial charge < -0.3 is 5.11 Å². The van der Waals surface area contributed by atoms with Gasteiger partial charge in [-0.05, 0) is 18.2 Å². The second-order valence-electron chi connectivity index (χ2n) is 2.45. The van der Waals surface area contributed by atoms with Crippen molar-refractivity contribution in [1.82, 2.24) is 0 Å². The molecule has 1 N–H and O–H groups in total. The van der Waals surface area contributed by atoms with Crippen molar-refractivity contribution in [2.75, 3.05) is 0 Å². The Morgan fingerprint density at radius 2 is 2.07 bits per heavy atom. The summed E-state index contributed by atoms with van der Waals surface area (Å²) in [4.78, 5) is 10.2. The fourth-order valence-corrected chi connectivity index (χ4v) is 1.40. The molecule has 0 aliphatic heterocycles. The Bertz CT molecular complexity index is 379. The van der Waals surface area contributed by atoms with Gasteiger partial charge >= 0.3 is 5.97 Å². The van der Waals surface area contributed by atoms with Crippen LogP contribution in [0.25, 0.3) is 6.08 Å².